The molecule has 1 amide bonds. The van der Waals surface area contributed by atoms with Crippen LogP contribution in [-0.4, -0.2) is 22.2 Å². The molecule has 152 valence electrons. The van der Waals surface area contributed by atoms with E-state index in [0.717, 1.165) is 29.3 Å². The number of anilines is 1. The molecular formula is C24H29N3O2. The summed E-state index contributed by atoms with van der Waals surface area (Å²) in [6.45, 7) is 11.1. The standard InChI is InChI=1S/C24H29N3O2/c1-6-22-25-21(24(3,4)5)17-27(22)19-15-13-18(14-16-19)26(7-2)23(28)29-20-11-9-8-10-12-20/h8-17H,6-7H2,1-5H3. The van der Waals surface area contributed by atoms with Gasteiger partial charge in [-0.1, -0.05) is 45.9 Å². The SMILES string of the molecule is CCc1nc(C(C)(C)C)cn1-c1ccc(N(CC)C(=O)Oc2ccccc2)cc1. The molecule has 29 heavy (non-hydrogen) atoms. The number of amides is 1. The summed E-state index contributed by atoms with van der Waals surface area (Å²) in [4.78, 5) is 19.0. The summed E-state index contributed by atoms with van der Waals surface area (Å²) in [6.07, 6.45) is 2.57. The minimum atomic E-state index is -0.390. The van der Waals surface area contributed by atoms with Gasteiger partial charge in [0.25, 0.3) is 0 Å². The zero-order chi connectivity index (χ0) is 21.0. The average molecular weight is 392 g/mol. The third-order valence-electron chi connectivity index (χ3n) is 4.79. The van der Waals surface area contributed by atoms with Crippen molar-refractivity contribution in [2.24, 2.45) is 0 Å². The first-order valence-electron chi connectivity index (χ1n) is 10.1. The molecule has 0 atom stereocenters. The summed E-state index contributed by atoms with van der Waals surface area (Å²) in [5.41, 5.74) is 2.89. The predicted molar refractivity (Wildman–Crippen MR) is 117 cm³/mol. The van der Waals surface area contributed by atoms with Crippen LogP contribution in [0.15, 0.2) is 60.8 Å². The second kappa shape index (κ2) is 8.52. The van der Waals surface area contributed by atoms with Crippen molar-refractivity contribution in [1.29, 1.82) is 0 Å². The number of imidazole rings is 1. The molecule has 1 heterocycles. The van der Waals surface area contributed by atoms with Gasteiger partial charge in [-0.3, -0.25) is 4.90 Å². The zero-order valence-electron chi connectivity index (χ0n) is 17.8. The van der Waals surface area contributed by atoms with Gasteiger partial charge < -0.3 is 9.30 Å². The van der Waals surface area contributed by atoms with E-state index in [1.807, 2.05) is 49.4 Å². The van der Waals surface area contributed by atoms with Gasteiger partial charge in [0.1, 0.15) is 11.6 Å². The summed E-state index contributed by atoms with van der Waals surface area (Å²) < 4.78 is 7.61. The lowest BCUT2D eigenvalue weighted by molar-refractivity contribution is 0.208. The minimum absolute atomic E-state index is 0.00465. The molecular weight excluding hydrogens is 362 g/mol. The van der Waals surface area contributed by atoms with E-state index >= 15 is 0 Å². The Morgan fingerprint density at radius 1 is 1.03 bits per heavy atom. The maximum absolute atomic E-state index is 12.6. The Labute approximate surface area is 173 Å². The van der Waals surface area contributed by atoms with Crippen molar-refractivity contribution < 1.29 is 9.53 Å². The van der Waals surface area contributed by atoms with Gasteiger partial charge in [0.15, 0.2) is 0 Å². The van der Waals surface area contributed by atoms with Crippen LogP contribution < -0.4 is 9.64 Å². The third-order valence-corrected chi connectivity index (χ3v) is 4.79. The molecule has 0 saturated heterocycles. The van der Waals surface area contributed by atoms with Crippen LogP contribution in [0.5, 0.6) is 5.75 Å². The van der Waals surface area contributed by atoms with E-state index in [-0.39, 0.29) is 5.41 Å². The molecule has 0 N–H and O–H groups in total. The third kappa shape index (κ3) is 4.67. The van der Waals surface area contributed by atoms with E-state index in [1.165, 1.54) is 0 Å². The topological polar surface area (TPSA) is 47.4 Å². The molecule has 0 fully saturated rings. The lowest BCUT2D eigenvalue weighted by Crippen LogP contribution is -2.33. The van der Waals surface area contributed by atoms with Crippen molar-refractivity contribution in [3.63, 3.8) is 0 Å². The fourth-order valence-electron chi connectivity index (χ4n) is 3.11. The summed E-state index contributed by atoms with van der Waals surface area (Å²) in [5, 5.41) is 0. The highest BCUT2D eigenvalue weighted by Crippen LogP contribution is 2.25. The lowest BCUT2D eigenvalue weighted by Gasteiger charge is -2.21. The molecule has 5 heteroatoms. The molecule has 0 aliphatic carbocycles. The van der Waals surface area contributed by atoms with Crippen LogP contribution in [0.1, 0.15) is 46.1 Å². The van der Waals surface area contributed by atoms with Crippen molar-refractivity contribution >= 4 is 11.8 Å². The fraction of sp³-hybridized carbons (Fsp3) is 0.333. The molecule has 0 bridgehead atoms. The number of aryl methyl sites for hydroxylation is 1. The second-order valence-electron chi connectivity index (χ2n) is 7.96. The number of ether oxygens (including phenoxy) is 1. The second-order valence-corrected chi connectivity index (χ2v) is 7.96. The predicted octanol–water partition coefficient (Wildman–Crippen LogP) is 5.76. The monoisotopic (exact) mass is 391 g/mol. The van der Waals surface area contributed by atoms with Crippen LogP contribution in [0.3, 0.4) is 0 Å². The van der Waals surface area contributed by atoms with Gasteiger partial charge >= 0.3 is 6.09 Å². The van der Waals surface area contributed by atoms with Crippen LogP contribution >= 0.6 is 0 Å². The summed E-state index contributed by atoms with van der Waals surface area (Å²) in [5.74, 6) is 1.56. The van der Waals surface area contributed by atoms with E-state index in [0.29, 0.717) is 12.3 Å². The highest BCUT2D eigenvalue weighted by atomic mass is 16.6. The summed E-state index contributed by atoms with van der Waals surface area (Å²) >= 11 is 0. The molecule has 0 unspecified atom stereocenters. The number of aromatic nitrogens is 2. The molecule has 3 rings (SSSR count). The maximum atomic E-state index is 12.6. The fourth-order valence-corrected chi connectivity index (χ4v) is 3.11. The van der Waals surface area contributed by atoms with Crippen molar-refractivity contribution in [3.8, 4) is 11.4 Å². The Balaban J connectivity index is 1.83. The number of benzene rings is 2. The number of para-hydroxylation sites is 1. The molecule has 5 nitrogen and oxygen atoms in total. The average Bonchev–Trinajstić information content (AvgIpc) is 3.15. The number of carbonyl (C=O) groups is 1. The van der Waals surface area contributed by atoms with Crippen LogP contribution in [0, 0.1) is 0 Å². The molecule has 0 saturated carbocycles. The van der Waals surface area contributed by atoms with Crippen LogP contribution in [0.2, 0.25) is 0 Å². The highest BCUT2D eigenvalue weighted by Gasteiger charge is 2.20. The quantitative estimate of drug-likeness (QED) is 0.556. The normalized spacial score (nSPS) is 11.3. The molecule has 0 aliphatic heterocycles. The highest BCUT2D eigenvalue weighted by molar-refractivity contribution is 5.89. The Bertz CT molecular complexity index is 954. The summed E-state index contributed by atoms with van der Waals surface area (Å²) in [6, 6.07) is 17.0. The summed E-state index contributed by atoms with van der Waals surface area (Å²) in [7, 11) is 0. The van der Waals surface area contributed by atoms with Crippen LogP contribution in [0.4, 0.5) is 10.5 Å². The van der Waals surface area contributed by atoms with Crippen molar-refractivity contribution in [3.05, 3.63) is 72.3 Å². The van der Waals surface area contributed by atoms with Gasteiger partial charge in [-0.2, -0.15) is 0 Å². The van der Waals surface area contributed by atoms with Gasteiger partial charge in [0.05, 0.1) is 5.69 Å². The number of rotatable bonds is 5. The van der Waals surface area contributed by atoms with Gasteiger partial charge in [-0.15, -0.1) is 0 Å². The maximum Gasteiger partial charge on any atom is 0.419 e. The van der Waals surface area contributed by atoms with Crippen molar-refractivity contribution in [2.75, 3.05) is 11.4 Å². The van der Waals surface area contributed by atoms with Gasteiger partial charge in [-0.25, -0.2) is 9.78 Å². The largest absolute Gasteiger partial charge is 0.419 e. The van der Waals surface area contributed by atoms with Gasteiger partial charge in [-0.05, 0) is 43.3 Å². The molecule has 3 aromatic rings. The van der Waals surface area contributed by atoms with E-state index in [2.05, 4.69) is 38.5 Å². The molecule has 0 aliphatic rings. The Hall–Kier alpha value is -3.08. The number of nitrogens with zero attached hydrogens (tertiary/aromatic N) is 3. The first-order valence-corrected chi connectivity index (χ1v) is 10.1. The zero-order valence-corrected chi connectivity index (χ0v) is 17.8. The van der Waals surface area contributed by atoms with Gasteiger partial charge in [0.2, 0.25) is 0 Å². The number of hydrogen-bond donors (Lipinski definition) is 0. The van der Waals surface area contributed by atoms with E-state index in [1.54, 1.807) is 17.0 Å². The minimum Gasteiger partial charge on any atom is -0.410 e. The molecule has 2 aromatic carbocycles. The first-order chi connectivity index (χ1) is 13.8. The lowest BCUT2D eigenvalue weighted by atomic mass is 9.93. The van der Waals surface area contributed by atoms with Crippen LogP contribution in [0.25, 0.3) is 5.69 Å². The van der Waals surface area contributed by atoms with Crippen LogP contribution in [-0.2, 0) is 11.8 Å². The molecule has 1 aromatic heterocycles. The molecule has 0 radical (unpaired) electrons. The van der Waals surface area contributed by atoms with Crippen molar-refractivity contribution in [2.45, 2.75) is 46.5 Å². The van der Waals surface area contributed by atoms with E-state index in [4.69, 9.17) is 9.72 Å². The molecule has 0 spiro atoms. The first kappa shape index (κ1) is 20.6. The Morgan fingerprint density at radius 2 is 1.69 bits per heavy atom. The Morgan fingerprint density at radius 3 is 2.24 bits per heavy atom. The van der Waals surface area contributed by atoms with Gasteiger partial charge in [0, 0.05) is 36.0 Å². The Kier molecular flexibility index (Phi) is 6.06. The van der Waals surface area contributed by atoms with Crippen molar-refractivity contribution in [1.82, 2.24) is 9.55 Å². The smallest absolute Gasteiger partial charge is 0.410 e. The number of carbonyl (C=O) groups excluding carboxylic acids is 1. The van der Waals surface area contributed by atoms with E-state index < -0.39 is 6.09 Å². The number of hydrogen-bond acceptors (Lipinski definition) is 3. The van der Waals surface area contributed by atoms with E-state index in [9.17, 15) is 4.79 Å².